The number of aromatic hydroxyl groups is 2. The maximum absolute atomic E-state index is 11.5. The van der Waals surface area contributed by atoms with Gasteiger partial charge in [-0.05, 0) is 28.1 Å². The highest BCUT2D eigenvalue weighted by Gasteiger charge is 2.19. The van der Waals surface area contributed by atoms with E-state index in [0.717, 1.165) is 32.7 Å². The second kappa shape index (κ2) is 8.89. The van der Waals surface area contributed by atoms with Gasteiger partial charge in [-0.1, -0.05) is 11.8 Å². The molecule has 1 saturated heterocycles. The van der Waals surface area contributed by atoms with E-state index in [-0.39, 0.29) is 22.9 Å². The summed E-state index contributed by atoms with van der Waals surface area (Å²) in [4.78, 5) is 28.2. The van der Waals surface area contributed by atoms with Crippen molar-refractivity contribution >= 4 is 44.8 Å². The van der Waals surface area contributed by atoms with Crippen molar-refractivity contribution in [2.24, 2.45) is 0 Å². The van der Waals surface area contributed by atoms with Crippen LogP contribution in [0, 0.1) is 5.41 Å². The van der Waals surface area contributed by atoms with Crippen LogP contribution < -0.4 is 5.49 Å². The number of imidazole rings is 1. The van der Waals surface area contributed by atoms with Gasteiger partial charge in [0.1, 0.15) is 5.52 Å². The van der Waals surface area contributed by atoms with E-state index in [1.807, 2.05) is 9.47 Å². The molecule has 4 rings (SSSR count). The molecular formula is C19H22BrN7O3S. The SMILES string of the molecule is CC(=O)N1CCN(CCn2cnc(=N)c3[nH]c(Sc4cc(O)c(O)cc4Br)nc32)CC1. The topological polar surface area (TPSA) is 134 Å². The van der Waals surface area contributed by atoms with E-state index in [1.165, 1.54) is 23.9 Å². The number of piperazine rings is 1. The summed E-state index contributed by atoms with van der Waals surface area (Å²) in [6.07, 6.45) is 1.62. The van der Waals surface area contributed by atoms with Gasteiger partial charge in [-0.25, -0.2) is 9.97 Å². The zero-order valence-electron chi connectivity index (χ0n) is 16.8. The van der Waals surface area contributed by atoms with E-state index < -0.39 is 0 Å². The van der Waals surface area contributed by atoms with E-state index in [2.05, 4.69) is 35.8 Å². The Morgan fingerprint density at radius 3 is 2.65 bits per heavy atom. The molecule has 1 aliphatic heterocycles. The van der Waals surface area contributed by atoms with Crippen molar-refractivity contribution < 1.29 is 15.0 Å². The summed E-state index contributed by atoms with van der Waals surface area (Å²) in [6.45, 7) is 6.16. The predicted octanol–water partition coefficient (Wildman–Crippen LogP) is 1.73. The quantitative estimate of drug-likeness (QED) is 0.386. The Labute approximate surface area is 190 Å². The molecule has 0 bridgehead atoms. The number of aromatic nitrogens is 4. The minimum Gasteiger partial charge on any atom is -0.504 e. The lowest BCUT2D eigenvalue weighted by Crippen LogP contribution is -2.48. The molecular weight excluding hydrogens is 486 g/mol. The first-order valence-corrected chi connectivity index (χ1v) is 11.3. The normalized spacial score (nSPS) is 15.0. The van der Waals surface area contributed by atoms with Gasteiger partial charge in [0.15, 0.2) is 27.8 Å². The number of hydrogen-bond acceptors (Lipinski definition) is 8. The molecule has 1 fully saturated rings. The smallest absolute Gasteiger partial charge is 0.219 e. The number of hydrogen-bond donors (Lipinski definition) is 4. The molecule has 0 saturated carbocycles. The fourth-order valence-electron chi connectivity index (χ4n) is 3.42. The third kappa shape index (κ3) is 4.70. The first kappa shape index (κ1) is 21.7. The monoisotopic (exact) mass is 507 g/mol. The molecule has 0 spiro atoms. The highest BCUT2D eigenvalue weighted by Crippen LogP contribution is 2.39. The first-order chi connectivity index (χ1) is 14.8. The maximum atomic E-state index is 11.5. The van der Waals surface area contributed by atoms with Crippen molar-refractivity contribution in [2.75, 3.05) is 32.7 Å². The summed E-state index contributed by atoms with van der Waals surface area (Å²) in [5, 5.41) is 28.1. The minimum absolute atomic E-state index is 0.105. The number of phenolic OH excluding ortho intramolecular Hbond substituents is 2. The largest absolute Gasteiger partial charge is 0.504 e. The van der Waals surface area contributed by atoms with Gasteiger partial charge in [0.05, 0.1) is 6.33 Å². The van der Waals surface area contributed by atoms with Crippen LogP contribution in [0.2, 0.25) is 0 Å². The van der Waals surface area contributed by atoms with Crippen molar-refractivity contribution in [3.8, 4) is 11.5 Å². The van der Waals surface area contributed by atoms with Gasteiger partial charge < -0.3 is 24.7 Å². The Hall–Kier alpha value is -2.57. The molecule has 4 N–H and O–H groups in total. The van der Waals surface area contributed by atoms with Gasteiger partial charge in [0.2, 0.25) is 5.91 Å². The zero-order chi connectivity index (χ0) is 22.1. The minimum atomic E-state index is -0.218. The summed E-state index contributed by atoms with van der Waals surface area (Å²) in [5.74, 6) is -0.314. The number of benzene rings is 1. The number of carbonyl (C=O) groups is 1. The van der Waals surface area contributed by atoms with Gasteiger partial charge in [0, 0.05) is 55.6 Å². The number of nitrogens with one attached hydrogen (secondary N) is 2. The van der Waals surface area contributed by atoms with Crippen molar-refractivity contribution in [3.63, 3.8) is 0 Å². The molecule has 10 nitrogen and oxygen atoms in total. The fourth-order valence-corrected chi connectivity index (χ4v) is 4.82. The molecule has 0 radical (unpaired) electrons. The van der Waals surface area contributed by atoms with Crippen LogP contribution in [0.25, 0.3) is 11.2 Å². The summed E-state index contributed by atoms with van der Waals surface area (Å²) < 4.78 is 2.53. The molecule has 2 aromatic heterocycles. The van der Waals surface area contributed by atoms with Crippen LogP contribution in [0.1, 0.15) is 6.92 Å². The third-order valence-electron chi connectivity index (χ3n) is 5.21. The molecule has 0 unspecified atom stereocenters. The number of H-pyrrole nitrogens is 1. The number of carbonyl (C=O) groups excluding carboxylic acids is 1. The lowest BCUT2D eigenvalue weighted by Gasteiger charge is -2.34. The Bertz CT molecular complexity index is 1190. The van der Waals surface area contributed by atoms with Gasteiger partial charge in [-0.15, -0.1) is 0 Å². The molecule has 1 amide bonds. The van der Waals surface area contributed by atoms with Crippen LogP contribution in [0.5, 0.6) is 11.5 Å². The van der Waals surface area contributed by atoms with Gasteiger partial charge in [0.25, 0.3) is 0 Å². The number of amides is 1. The van der Waals surface area contributed by atoms with Crippen LogP contribution in [0.4, 0.5) is 0 Å². The highest BCUT2D eigenvalue weighted by molar-refractivity contribution is 9.10. The molecule has 1 aromatic carbocycles. The second-order valence-electron chi connectivity index (χ2n) is 7.25. The number of phenols is 2. The Morgan fingerprint density at radius 2 is 1.94 bits per heavy atom. The van der Waals surface area contributed by atoms with Crippen molar-refractivity contribution in [1.29, 1.82) is 5.41 Å². The molecule has 3 heterocycles. The van der Waals surface area contributed by atoms with E-state index in [1.54, 1.807) is 13.3 Å². The van der Waals surface area contributed by atoms with Gasteiger partial charge >= 0.3 is 0 Å². The molecule has 0 aliphatic carbocycles. The summed E-state index contributed by atoms with van der Waals surface area (Å²) in [6, 6.07) is 2.87. The number of fused-ring (bicyclic) bond motifs is 1. The third-order valence-corrected chi connectivity index (χ3v) is 7.07. The molecule has 164 valence electrons. The number of halogens is 1. The van der Waals surface area contributed by atoms with Crippen molar-refractivity contribution in [1.82, 2.24) is 29.3 Å². The van der Waals surface area contributed by atoms with Crippen LogP contribution in [-0.2, 0) is 11.3 Å². The Kier molecular flexibility index (Phi) is 6.21. The Morgan fingerprint density at radius 1 is 1.23 bits per heavy atom. The molecule has 31 heavy (non-hydrogen) atoms. The highest BCUT2D eigenvalue weighted by atomic mass is 79.9. The van der Waals surface area contributed by atoms with Crippen LogP contribution >= 0.6 is 27.7 Å². The van der Waals surface area contributed by atoms with Crippen molar-refractivity contribution in [3.05, 3.63) is 28.4 Å². The zero-order valence-corrected chi connectivity index (χ0v) is 19.2. The summed E-state index contributed by atoms with van der Waals surface area (Å²) >= 11 is 4.65. The van der Waals surface area contributed by atoms with E-state index in [4.69, 9.17) is 5.41 Å². The lowest BCUT2D eigenvalue weighted by molar-refractivity contribution is -0.130. The predicted molar refractivity (Wildman–Crippen MR) is 118 cm³/mol. The lowest BCUT2D eigenvalue weighted by atomic mass is 10.3. The molecule has 1 aliphatic rings. The van der Waals surface area contributed by atoms with Crippen LogP contribution in [0.15, 0.2) is 33.0 Å². The Balaban J connectivity index is 1.51. The van der Waals surface area contributed by atoms with E-state index in [9.17, 15) is 15.0 Å². The summed E-state index contributed by atoms with van der Waals surface area (Å²) in [7, 11) is 0. The van der Waals surface area contributed by atoms with Crippen LogP contribution in [0.3, 0.4) is 0 Å². The molecule has 12 heteroatoms. The average molecular weight is 508 g/mol. The maximum Gasteiger partial charge on any atom is 0.219 e. The van der Waals surface area contributed by atoms with Gasteiger partial charge in [-0.3, -0.25) is 15.1 Å². The molecule has 3 aromatic rings. The second-order valence-corrected chi connectivity index (χ2v) is 9.13. The number of nitrogens with zero attached hydrogens (tertiary/aromatic N) is 5. The first-order valence-electron chi connectivity index (χ1n) is 9.69. The van der Waals surface area contributed by atoms with Crippen molar-refractivity contribution in [2.45, 2.75) is 23.5 Å². The standard InChI is InChI=1S/C19H22BrN7O3S/c1-11(28)26-5-2-25(3-6-26)4-7-27-10-22-17(21)16-18(27)24-19(23-16)31-15-9-14(30)13(29)8-12(15)20/h8-10,21,29-30H,2-7H2,1H3,(H,23,24). The van der Waals surface area contributed by atoms with Crippen LogP contribution in [-0.4, -0.2) is 78.2 Å². The van der Waals surface area contributed by atoms with Gasteiger partial charge in [-0.2, -0.15) is 0 Å². The van der Waals surface area contributed by atoms with E-state index >= 15 is 0 Å². The number of rotatable bonds is 5. The summed E-state index contributed by atoms with van der Waals surface area (Å²) in [5.41, 5.74) is 1.27. The van der Waals surface area contributed by atoms with E-state index in [0.29, 0.717) is 32.2 Å². The fraction of sp³-hybridized carbons (Fsp3) is 0.368. The molecule has 0 atom stereocenters. The average Bonchev–Trinajstić information content (AvgIpc) is 3.16. The number of aromatic amines is 1.